The van der Waals surface area contributed by atoms with Crippen LogP contribution in [-0.4, -0.2) is 16.1 Å². The van der Waals surface area contributed by atoms with E-state index in [1.165, 1.54) is 24.4 Å². The molecule has 4 nitrogen and oxygen atoms in total. The van der Waals surface area contributed by atoms with Gasteiger partial charge in [0.25, 0.3) is 0 Å². The van der Waals surface area contributed by atoms with Crippen molar-refractivity contribution in [3.63, 3.8) is 0 Å². The van der Waals surface area contributed by atoms with Gasteiger partial charge in [0, 0.05) is 22.2 Å². The minimum absolute atomic E-state index is 0.337. The van der Waals surface area contributed by atoms with Crippen LogP contribution >= 0.6 is 15.9 Å². The van der Waals surface area contributed by atoms with Gasteiger partial charge in [-0.3, -0.25) is 9.89 Å². The normalized spacial score (nSPS) is 10.8. The zero-order chi connectivity index (χ0) is 13.0. The molecule has 0 aliphatic carbocycles. The van der Waals surface area contributed by atoms with Gasteiger partial charge in [-0.25, -0.2) is 4.39 Å². The van der Waals surface area contributed by atoms with Crippen molar-refractivity contribution in [2.45, 2.75) is 0 Å². The molecule has 0 atom stereocenters. The van der Waals surface area contributed by atoms with Crippen LogP contribution in [-0.2, 0) is 4.79 Å². The lowest BCUT2D eigenvalue weighted by Gasteiger charge is -1.99. The molecule has 0 saturated carbocycles. The number of hydrogen-bond acceptors (Lipinski definition) is 2. The van der Waals surface area contributed by atoms with E-state index in [-0.39, 0.29) is 11.7 Å². The molecule has 0 aliphatic rings. The summed E-state index contributed by atoms with van der Waals surface area (Å²) < 4.78 is 14.1. The number of hydrogen-bond donors (Lipinski definition) is 2. The van der Waals surface area contributed by atoms with Crippen molar-refractivity contribution in [2.24, 2.45) is 0 Å². The van der Waals surface area contributed by atoms with Gasteiger partial charge in [-0.2, -0.15) is 5.10 Å². The lowest BCUT2D eigenvalue weighted by atomic mass is 10.2. The van der Waals surface area contributed by atoms with E-state index in [1.54, 1.807) is 18.2 Å². The van der Waals surface area contributed by atoms with Crippen LogP contribution in [0.1, 0.15) is 5.56 Å². The molecular formula is C12H9BrFN3O. The Labute approximate surface area is 111 Å². The van der Waals surface area contributed by atoms with Gasteiger partial charge in [0.1, 0.15) is 11.6 Å². The lowest BCUT2D eigenvalue weighted by molar-refractivity contribution is -0.111. The molecular weight excluding hydrogens is 301 g/mol. The Bertz CT molecular complexity index is 581. The zero-order valence-corrected chi connectivity index (χ0v) is 10.7. The average molecular weight is 310 g/mol. The van der Waals surface area contributed by atoms with Gasteiger partial charge in [-0.05, 0) is 24.3 Å². The van der Waals surface area contributed by atoms with Gasteiger partial charge in [0.2, 0.25) is 5.91 Å². The molecule has 6 heteroatoms. The Balaban J connectivity index is 2.06. The number of nitrogens with one attached hydrogen (secondary N) is 2. The maximum absolute atomic E-state index is 13.4. The van der Waals surface area contributed by atoms with E-state index in [0.717, 1.165) is 4.47 Å². The van der Waals surface area contributed by atoms with E-state index < -0.39 is 0 Å². The van der Waals surface area contributed by atoms with E-state index >= 15 is 0 Å². The predicted octanol–water partition coefficient (Wildman–Crippen LogP) is 2.96. The summed E-state index contributed by atoms with van der Waals surface area (Å²) in [6.07, 6.45) is 4.19. The number of carbonyl (C=O) groups is 1. The fourth-order valence-corrected chi connectivity index (χ4v) is 1.69. The van der Waals surface area contributed by atoms with Crippen LogP contribution in [0.15, 0.2) is 41.0 Å². The van der Waals surface area contributed by atoms with E-state index in [1.807, 2.05) is 0 Å². The summed E-state index contributed by atoms with van der Waals surface area (Å²) in [5.74, 6) is -0.262. The first-order valence-electron chi connectivity index (χ1n) is 5.08. The predicted molar refractivity (Wildman–Crippen MR) is 70.4 cm³/mol. The van der Waals surface area contributed by atoms with Crippen molar-refractivity contribution in [1.82, 2.24) is 10.2 Å². The molecule has 1 aromatic carbocycles. The van der Waals surface area contributed by atoms with Gasteiger partial charge in [0.15, 0.2) is 0 Å². The molecule has 92 valence electrons. The molecule has 0 fully saturated rings. The van der Waals surface area contributed by atoms with Crippen molar-refractivity contribution in [1.29, 1.82) is 0 Å². The molecule has 18 heavy (non-hydrogen) atoms. The summed E-state index contributed by atoms with van der Waals surface area (Å²) in [6, 6.07) is 6.13. The van der Waals surface area contributed by atoms with Crippen LogP contribution in [0.3, 0.4) is 0 Å². The molecule has 0 radical (unpaired) electrons. The number of carbonyl (C=O) groups excluding carboxylic acids is 1. The number of halogens is 2. The number of aromatic nitrogens is 2. The Morgan fingerprint density at radius 3 is 3.00 bits per heavy atom. The first kappa shape index (κ1) is 12.5. The first-order chi connectivity index (χ1) is 8.65. The quantitative estimate of drug-likeness (QED) is 0.856. The second-order valence-electron chi connectivity index (χ2n) is 3.46. The van der Waals surface area contributed by atoms with Gasteiger partial charge in [-0.1, -0.05) is 15.9 Å². The van der Waals surface area contributed by atoms with Gasteiger partial charge < -0.3 is 5.32 Å². The Morgan fingerprint density at radius 1 is 1.44 bits per heavy atom. The smallest absolute Gasteiger partial charge is 0.249 e. The monoisotopic (exact) mass is 309 g/mol. The number of amides is 1. The second kappa shape index (κ2) is 5.59. The number of nitrogens with zero attached hydrogens (tertiary/aromatic N) is 1. The largest absolute Gasteiger partial charge is 0.307 e. The molecule has 2 N–H and O–H groups in total. The molecule has 1 amide bonds. The fourth-order valence-electron chi connectivity index (χ4n) is 1.31. The van der Waals surface area contributed by atoms with Crippen LogP contribution < -0.4 is 5.32 Å². The van der Waals surface area contributed by atoms with Gasteiger partial charge in [-0.15, -0.1) is 0 Å². The summed E-state index contributed by atoms with van der Waals surface area (Å²) in [5, 5.41) is 8.83. The average Bonchev–Trinajstić information content (AvgIpc) is 2.83. The summed E-state index contributed by atoms with van der Waals surface area (Å²) in [6.45, 7) is 0. The number of benzene rings is 1. The maximum Gasteiger partial charge on any atom is 0.249 e. The third kappa shape index (κ3) is 3.27. The number of aromatic amines is 1. The zero-order valence-electron chi connectivity index (χ0n) is 9.15. The van der Waals surface area contributed by atoms with Gasteiger partial charge in [0.05, 0.1) is 6.20 Å². The standard InChI is InChI=1S/C12H9BrFN3O/c13-9-2-3-10(14)8(7-9)1-4-12(18)16-11-5-6-15-17-11/h1-7H,(H2,15,16,17,18). The summed E-state index contributed by atoms with van der Waals surface area (Å²) in [7, 11) is 0. The maximum atomic E-state index is 13.4. The molecule has 1 heterocycles. The van der Waals surface area contributed by atoms with Crippen molar-refractivity contribution in [3.8, 4) is 0 Å². The van der Waals surface area contributed by atoms with E-state index in [9.17, 15) is 9.18 Å². The fraction of sp³-hybridized carbons (Fsp3) is 0. The third-order valence-electron chi connectivity index (χ3n) is 2.13. The second-order valence-corrected chi connectivity index (χ2v) is 4.37. The summed E-state index contributed by atoms with van der Waals surface area (Å²) in [4.78, 5) is 11.5. The number of rotatable bonds is 3. The third-order valence-corrected chi connectivity index (χ3v) is 2.62. The van der Waals surface area contributed by atoms with E-state index in [0.29, 0.717) is 11.4 Å². The highest BCUT2D eigenvalue weighted by Crippen LogP contribution is 2.16. The van der Waals surface area contributed by atoms with Crippen LogP contribution in [0.2, 0.25) is 0 Å². The minimum atomic E-state index is -0.385. The van der Waals surface area contributed by atoms with Crippen molar-refractivity contribution in [3.05, 3.63) is 52.4 Å². The van der Waals surface area contributed by atoms with Gasteiger partial charge >= 0.3 is 0 Å². The van der Waals surface area contributed by atoms with Crippen LogP contribution in [0.4, 0.5) is 10.2 Å². The summed E-state index contributed by atoms with van der Waals surface area (Å²) in [5.41, 5.74) is 0.337. The van der Waals surface area contributed by atoms with Crippen LogP contribution in [0, 0.1) is 5.82 Å². The van der Waals surface area contributed by atoms with Crippen LogP contribution in [0.25, 0.3) is 6.08 Å². The minimum Gasteiger partial charge on any atom is -0.307 e. The highest BCUT2D eigenvalue weighted by Gasteiger charge is 2.01. The Morgan fingerprint density at radius 2 is 2.28 bits per heavy atom. The molecule has 0 unspecified atom stereocenters. The lowest BCUT2D eigenvalue weighted by Crippen LogP contribution is -2.07. The van der Waals surface area contributed by atoms with E-state index in [2.05, 4.69) is 31.4 Å². The molecule has 0 bridgehead atoms. The molecule has 0 aliphatic heterocycles. The highest BCUT2D eigenvalue weighted by molar-refractivity contribution is 9.10. The summed E-state index contributed by atoms with van der Waals surface area (Å²) >= 11 is 3.24. The molecule has 2 rings (SSSR count). The SMILES string of the molecule is O=C(C=Cc1cc(Br)ccc1F)Nc1ccn[nH]1. The number of anilines is 1. The van der Waals surface area contributed by atoms with Crippen molar-refractivity contribution in [2.75, 3.05) is 5.32 Å². The first-order valence-corrected chi connectivity index (χ1v) is 5.88. The number of H-pyrrole nitrogens is 1. The molecule has 0 spiro atoms. The van der Waals surface area contributed by atoms with Crippen molar-refractivity contribution >= 4 is 33.7 Å². The Kier molecular flexibility index (Phi) is 3.88. The molecule has 0 saturated heterocycles. The topological polar surface area (TPSA) is 57.8 Å². The van der Waals surface area contributed by atoms with Crippen molar-refractivity contribution < 1.29 is 9.18 Å². The molecule has 2 aromatic rings. The van der Waals surface area contributed by atoms with Crippen LogP contribution in [0.5, 0.6) is 0 Å². The highest BCUT2D eigenvalue weighted by atomic mass is 79.9. The van der Waals surface area contributed by atoms with E-state index in [4.69, 9.17) is 0 Å². The Hall–Kier alpha value is -1.95. The molecule has 1 aromatic heterocycles.